The minimum absolute atomic E-state index is 0.0153. The Bertz CT molecular complexity index is 482. The van der Waals surface area contributed by atoms with Gasteiger partial charge in [-0.1, -0.05) is 6.92 Å². The van der Waals surface area contributed by atoms with E-state index in [-0.39, 0.29) is 24.3 Å². The molecule has 2 unspecified atom stereocenters. The largest absolute Gasteiger partial charge is 0.481 e. The molecular formula is C14H23N3O3. The van der Waals surface area contributed by atoms with Crippen LogP contribution in [0.25, 0.3) is 0 Å². The SMILES string of the molecule is Cc1cc(C)n(C(C)CC(=O)NCC(C)CC(=O)O)n1. The molecule has 1 aromatic heterocycles. The van der Waals surface area contributed by atoms with Gasteiger partial charge in [-0.3, -0.25) is 14.3 Å². The van der Waals surface area contributed by atoms with Gasteiger partial charge in [0.1, 0.15) is 0 Å². The van der Waals surface area contributed by atoms with E-state index in [0.717, 1.165) is 11.4 Å². The third kappa shape index (κ3) is 5.03. The highest BCUT2D eigenvalue weighted by Gasteiger charge is 2.15. The van der Waals surface area contributed by atoms with Gasteiger partial charge in [-0.05, 0) is 32.8 Å². The molecule has 6 heteroatoms. The van der Waals surface area contributed by atoms with Crippen LogP contribution in [0.3, 0.4) is 0 Å². The molecule has 0 aromatic carbocycles. The van der Waals surface area contributed by atoms with Crippen molar-refractivity contribution in [1.29, 1.82) is 0 Å². The first-order valence-corrected chi connectivity index (χ1v) is 6.80. The standard InChI is InChI=1S/C14H23N3O3/c1-9(5-14(19)20)8-15-13(18)7-12(4)17-11(3)6-10(2)16-17/h6,9,12H,5,7-8H2,1-4H3,(H,15,18)(H,19,20). The van der Waals surface area contributed by atoms with Crippen LogP contribution in [-0.4, -0.2) is 33.3 Å². The summed E-state index contributed by atoms with van der Waals surface area (Å²) in [5.74, 6) is -0.995. The molecule has 20 heavy (non-hydrogen) atoms. The summed E-state index contributed by atoms with van der Waals surface area (Å²) in [6.45, 7) is 8.01. The zero-order valence-electron chi connectivity index (χ0n) is 12.5. The van der Waals surface area contributed by atoms with Gasteiger partial charge in [0, 0.05) is 25.1 Å². The number of nitrogens with zero attached hydrogens (tertiary/aromatic N) is 2. The molecule has 0 saturated carbocycles. The van der Waals surface area contributed by atoms with Crippen LogP contribution in [0.5, 0.6) is 0 Å². The smallest absolute Gasteiger partial charge is 0.303 e. The second-order valence-electron chi connectivity index (χ2n) is 5.43. The maximum absolute atomic E-state index is 11.8. The molecule has 0 radical (unpaired) electrons. The number of aryl methyl sites for hydroxylation is 2. The fourth-order valence-corrected chi connectivity index (χ4v) is 2.18. The molecule has 1 aromatic rings. The first-order valence-electron chi connectivity index (χ1n) is 6.80. The number of nitrogens with one attached hydrogen (secondary N) is 1. The van der Waals surface area contributed by atoms with Crippen LogP contribution in [0.2, 0.25) is 0 Å². The van der Waals surface area contributed by atoms with Crippen molar-refractivity contribution in [2.75, 3.05) is 6.54 Å². The number of carboxylic acid groups (broad SMARTS) is 1. The van der Waals surface area contributed by atoms with Gasteiger partial charge in [0.15, 0.2) is 0 Å². The monoisotopic (exact) mass is 281 g/mol. The highest BCUT2D eigenvalue weighted by Crippen LogP contribution is 2.14. The molecule has 0 saturated heterocycles. The third-order valence-corrected chi connectivity index (χ3v) is 3.11. The number of carbonyl (C=O) groups is 2. The molecule has 0 bridgehead atoms. The number of amides is 1. The number of carboxylic acids is 1. The van der Waals surface area contributed by atoms with E-state index in [1.807, 2.05) is 31.5 Å². The van der Waals surface area contributed by atoms with Crippen LogP contribution in [0.1, 0.15) is 44.1 Å². The Morgan fingerprint density at radius 1 is 1.35 bits per heavy atom. The summed E-state index contributed by atoms with van der Waals surface area (Å²) in [5, 5.41) is 15.8. The molecule has 0 fully saturated rings. The quantitative estimate of drug-likeness (QED) is 0.796. The number of hydrogen-bond donors (Lipinski definition) is 2. The lowest BCUT2D eigenvalue weighted by Gasteiger charge is -2.15. The van der Waals surface area contributed by atoms with Crippen molar-refractivity contribution in [3.05, 3.63) is 17.5 Å². The fraction of sp³-hybridized carbons (Fsp3) is 0.643. The lowest BCUT2D eigenvalue weighted by Crippen LogP contribution is -2.31. The van der Waals surface area contributed by atoms with E-state index in [9.17, 15) is 9.59 Å². The molecule has 0 aliphatic heterocycles. The Hall–Kier alpha value is -1.85. The van der Waals surface area contributed by atoms with Gasteiger partial charge in [-0.2, -0.15) is 5.10 Å². The van der Waals surface area contributed by atoms with Crippen LogP contribution in [0, 0.1) is 19.8 Å². The zero-order chi connectivity index (χ0) is 15.3. The normalized spacial score (nSPS) is 13.8. The molecule has 1 heterocycles. The third-order valence-electron chi connectivity index (χ3n) is 3.11. The summed E-state index contributed by atoms with van der Waals surface area (Å²) in [6.07, 6.45) is 0.398. The van der Waals surface area contributed by atoms with Crippen molar-refractivity contribution in [2.24, 2.45) is 5.92 Å². The lowest BCUT2D eigenvalue weighted by atomic mass is 10.1. The molecule has 0 aliphatic rings. The topological polar surface area (TPSA) is 84.2 Å². The van der Waals surface area contributed by atoms with Crippen LogP contribution < -0.4 is 5.32 Å². The number of rotatable bonds is 7. The van der Waals surface area contributed by atoms with E-state index in [1.165, 1.54) is 0 Å². The molecule has 6 nitrogen and oxygen atoms in total. The molecule has 2 atom stereocenters. The van der Waals surface area contributed by atoms with Gasteiger partial charge in [0.25, 0.3) is 0 Å². The van der Waals surface area contributed by atoms with Gasteiger partial charge < -0.3 is 10.4 Å². The predicted octanol–water partition coefficient (Wildman–Crippen LogP) is 1.68. The summed E-state index contributed by atoms with van der Waals surface area (Å²) < 4.78 is 1.84. The maximum Gasteiger partial charge on any atom is 0.303 e. The van der Waals surface area contributed by atoms with Crippen molar-refractivity contribution >= 4 is 11.9 Å². The van der Waals surface area contributed by atoms with Gasteiger partial charge in [-0.25, -0.2) is 0 Å². The van der Waals surface area contributed by atoms with Crippen LogP contribution >= 0.6 is 0 Å². The lowest BCUT2D eigenvalue weighted by molar-refractivity contribution is -0.138. The van der Waals surface area contributed by atoms with Gasteiger partial charge in [0.2, 0.25) is 5.91 Å². The van der Waals surface area contributed by atoms with Crippen LogP contribution in [0.15, 0.2) is 6.07 Å². The molecule has 0 spiro atoms. The summed E-state index contributed by atoms with van der Waals surface area (Å²) in [5.41, 5.74) is 1.96. The van der Waals surface area contributed by atoms with Crippen molar-refractivity contribution in [2.45, 2.75) is 46.6 Å². The summed E-state index contributed by atoms with van der Waals surface area (Å²) in [6, 6.07) is 1.96. The average molecular weight is 281 g/mol. The highest BCUT2D eigenvalue weighted by molar-refractivity contribution is 5.76. The summed E-state index contributed by atoms with van der Waals surface area (Å²) >= 11 is 0. The van der Waals surface area contributed by atoms with Crippen LogP contribution in [0.4, 0.5) is 0 Å². The first-order chi connectivity index (χ1) is 9.29. The second-order valence-corrected chi connectivity index (χ2v) is 5.43. The van der Waals surface area contributed by atoms with E-state index in [4.69, 9.17) is 5.11 Å². The zero-order valence-corrected chi connectivity index (χ0v) is 12.5. The van der Waals surface area contributed by atoms with Crippen molar-refractivity contribution in [3.63, 3.8) is 0 Å². The number of carbonyl (C=O) groups excluding carboxylic acids is 1. The fourth-order valence-electron chi connectivity index (χ4n) is 2.18. The molecule has 112 valence electrons. The Morgan fingerprint density at radius 2 is 2.00 bits per heavy atom. The minimum atomic E-state index is -0.845. The van der Waals surface area contributed by atoms with Crippen molar-refractivity contribution in [3.8, 4) is 0 Å². The van der Waals surface area contributed by atoms with Gasteiger partial charge in [-0.15, -0.1) is 0 Å². The Morgan fingerprint density at radius 3 is 2.50 bits per heavy atom. The van der Waals surface area contributed by atoms with Gasteiger partial charge in [0.05, 0.1) is 11.7 Å². The number of aromatic nitrogens is 2. The molecule has 1 rings (SSSR count). The Kier molecular flexibility index (Phi) is 5.73. The predicted molar refractivity (Wildman–Crippen MR) is 75.5 cm³/mol. The summed E-state index contributed by atoms with van der Waals surface area (Å²) in [4.78, 5) is 22.4. The number of aliphatic carboxylic acids is 1. The van der Waals surface area contributed by atoms with Crippen molar-refractivity contribution < 1.29 is 14.7 Å². The van der Waals surface area contributed by atoms with E-state index >= 15 is 0 Å². The van der Waals surface area contributed by atoms with E-state index in [0.29, 0.717) is 13.0 Å². The number of hydrogen-bond acceptors (Lipinski definition) is 3. The minimum Gasteiger partial charge on any atom is -0.481 e. The summed E-state index contributed by atoms with van der Waals surface area (Å²) in [7, 11) is 0. The van der Waals surface area contributed by atoms with Crippen LogP contribution in [-0.2, 0) is 9.59 Å². The van der Waals surface area contributed by atoms with E-state index < -0.39 is 5.97 Å². The highest BCUT2D eigenvalue weighted by atomic mass is 16.4. The average Bonchev–Trinajstić information content (AvgIpc) is 2.65. The van der Waals surface area contributed by atoms with Gasteiger partial charge >= 0.3 is 5.97 Å². The van der Waals surface area contributed by atoms with Crippen molar-refractivity contribution in [1.82, 2.24) is 15.1 Å². The first kappa shape index (κ1) is 16.2. The maximum atomic E-state index is 11.8. The second kappa shape index (κ2) is 7.07. The molecule has 2 N–H and O–H groups in total. The van der Waals surface area contributed by atoms with E-state index in [1.54, 1.807) is 6.92 Å². The molecule has 1 amide bonds. The molecular weight excluding hydrogens is 258 g/mol. The Balaban J connectivity index is 2.42. The Labute approximate surface area is 119 Å². The van der Waals surface area contributed by atoms with E-state index in [2.05, 4.69) is 10.4 Å². The molecule has 0 aliphatic carbocycles.